The van der Waals surface area contributed by atoms with Gasteiger partial charge >= 0.3 is 5.97 Å². The summed E-state index contributed by atoms with van der Waals surface area (Å²) in [6, 6.07) is -0.459. The van der Waals surface area contributed by atoms with E-state index in [1.54, 1.807) is 0 Å². The van der Waals surface area contributed by atoms with Crippen LogP contribution in [-0.2, 0) is 15.0 Å². The van der Waals surface area contributed by atoms with Gasteiger partial charge in [-0.05, 0) is 25.7 Å². The highest BCUT2D eigenvalue weighted by Gasteiger charge is 2.35. The van der Waals surface area contributed by atoms with Crippen molar-refractivity contribution in [2.45, 2.75) is 50.7 Å². The molecule has 0 aromatic rings. The van der Waals surface area contributed by atoms with E-state index in [0.717, 1.165) is 12.8 Å². The summed E-state index contributed by atoms with van der Waals surface area (Å²) in [5.74, 6) is -1.60. The van der Waals surface area contributed by atoms with Crippen molar-refractivity contribution in [1.82, 2.24) is 9.03 Å². The Morgan fingerprint density at radius 3 is 2.50 bits per heavy atom. The minimum Gasteiger partial charge on any atom is -0.481 e. The van der Waals surface area contributed by atoms with Gasteiger partial charge in [0.25, 0.3) is 10.2 Å². The number of carbonyl (C=O) groups is 1. The molecule has 2 rings (SSSR count). The topological polar surface area (TPSA) is 107 Å². The molecule has 0 aromatic heterocycles. The number of nitrogens with zero attached hydrogens (tertiary/aromatic N) is 1. The average molecular weight is 306 g/mol. The monoisotopic (exact) mass is 306 g/mol. The summed E-state index contributed by atoms with van der Waals surface area (Å²) in [5, 5.41) is 18.8. The van der Waals surface area contributed by atoms with Crippen LogP contribution in [0.25, 0.3) is 0 Å². The largest absolute Gasteiger partial charge is 0.481 e. The molecule has 0 bridgehead atoms. The highest BCUT2D eigenvalue weighted by atomic mass is 32.2. The molecular weight excluding hydrogens is 284 g/mol. The highest BCUT2D eigenvalue weighted by molar-refractivity contribution is 7.87. The predicted molar refractivity (Wildman–Crippen MR) is 72.3 cm³/mol. The zero-order chi connectivity index (χ0) is 14.8. The van der Waals surface area contributed by atoms with Gasteiger partial charge < -0.3 is 10.2 Å². The first-order chi connectivity index (χ1) is 9.40. The zero-order valence-corrected chi connectivity index (χ0v) is 12.2. The molecule has 1 unspecified atom stereocenters. The van der Waals surface area contributed by atoms with Gasteiger partial charge in [-0.3, -0.25) is 4.79 Å². The predicted octanol–water partition coefficient (Wildman–Crippen LogP) is -0.0791. The molecule has 1 saturated carbocycles. The normalized spacial score (nSPS) is 33.0. The summed E-state index contributed by atoms with van der Waals surface area (Å²) < 4.78 is 28.3. The number of hydrogen-bond donors (Lipinski definition) is 3. The molecule has 1 saturated heterocycles. The summed E-state index contributed by atoms with van der Waals surface area (Å²) in [4.78, 5) is 11.0. The number of aliphatic carboxylic acids is 1. The van der Waals surface area contributed by atoms with Gasteiger partial charge in [0.2, 0.25) is 0 Å². The van der Waals surface area contributed by atoms with Gasteiger partial charge in [0.05, 0.1) is 12.0 Å². The van der Waals surface area contributed by atoms with Crippen LogP contribution >= 0.6 is 0 Å². The maximum absolute atomic E-state index is 12.3. The van der Waals surface area contributed by atoms with Crippen LogP contribution < -0.4 is 4.72 Å². The lowest BCUT2D eigenvalue weighted by Crippen LogP contribution is -2.53. The van der Waals surface area contributed by atoms with Crippen LogP contribution in [0.4, 0.5) is 0 Å². The Kier molecular flexibility index (Phi) is 5.00. The van der Waals surface area contributed by atoms with Gasteiger partial charge in [-0.25, -0.2) is 0 Å². The first kappa shape index (κ1) is 15.7. The molecule has 3 atom stereocenters. The molecule has 8 heteroatoms. The lowest BCUT2D eigenvalue weighted by molar-refractivity contribution is -0.142. The summed E-state index contributed by atoms with van der Waals surface area (Å²) in [7, 11) is -3.72. The second kappa shape index (κ2) is 6.38. The molecule has 0 spiro atoms. The molecule has 20 heavy (non-hydrogen) atoms. The fourth-order valence-corrected chi connectivity index (χ4v) is 4.43. The van der Waals surface area contributed by atoms with Crippen molar-refractivity contribution in [3.05, 3.63) is 0 Å². The first-order valence-electron chi connectivity index (χ1n) is 7.08. The molecule has 0 aromatic carbocycles. The zero-order valence-electron chi connectivity index (χ0n) is 11.4. The Morgan fingerprint density at radius 2 is 1.85 bits per heavy atom. The maximum atomic E-state index is 12.3. The van der Waals surface area contributed by atoms with Crippen LogP contribution in [0.2, 0.25) is 0 Å². The first-order valence-corrected chi connectivity index (χ1v) is 8.52. The molecule has 1 aliphatic heterocycles. The quantitative estimate of drug-likeness (QED) is 0.673. The molecule has 1 aliphatic carbocycles. The molecule has 0 radical (unpaired) electrons. The number of carboxylic acids is 1. The van der Waals surface area contributed by atoms with Crippen molar-refractivity contribution in [3.8, 4) is 0 Å². The third-order valence-corrected chi connectivity index (χ3v) is 5.72. The third kappa shape index (κ3) is 3.69. The molecule has 1 heterocycles. The fraction of sp³-hybridized carbons (Fsp3) is 0.917. The van der Waals surface area contributed by atoms with Gasteiger partial charge in [0.15, 0.2) is 0 Å². The Hall–Kier alpha value is -0.700. The number of hydrogen-bond acceptors (Lipinski definition) is 4. The number of carboxylic acid groups (broad SMARTS) is 1. The second-order valence-corrected chi connectivity index (χ2v) is 7.32. The minimum absolute atomic E-state index is 0.00742. The smallest absolute Gasteiger partial charge is 0.307 e. The van der Waals surface area contributed by atoms with Gasteiger partial charge in [-0.15, -0.1) is 0 Å². The number of rotatable bonds is 4. The van der Waals surface area contributed by atoms with Crippen LogP contribution in [0.5, 0.6) is 0 Å². The van der Waals surface area contributed by atoms with Crippen LogP contribution in [0, 0.1) is 5.92 Å². The molecule has 3 N–H and O–H groups in total. The van der Waals surface area contributed by atoms with E-state index in [4.69, 9.17) is 5.11 Å². The van der Waals surface area contributed by atoms with Crippen molar-refractivity contribution < 1.29 is 23.4 Å². The molecule has 0 amide bonds. The molecular formula is C12H22N2O5S. The van der Waals surface area contributed by atoms with E-state index in [1.165, 1.54) is 4.31 Å². The van der Waals surface area contributed by atoms with Crippen LogP contribution in [0.15, 0.2) is 0 Å². The standard InChI is InChI=1S/C12H22N2O5S/c15-11-6-2-1-5-10(11)13-20(18,19)14-7-3-4-9(8-14)12(16)17/h9-11,13,15H,1-8H2,(H,16,17)/t9?,10-,11-/m0/s1. The molecule has 2 fully saturated rings. The van der Waals surface area contributed by atoms with E-state index >= 15 is 0 Å². The van der Waals surface area contributed by atoms with E-state index in [9.17, 15) is 18.3 Å². The SMILES string of the molecule is O=C(O)C1CCCN(S(=O)(=O)N[C@H]2CCCC[C@@H]2O)C1. The van der Waals surface area contributed by atoms with Gasteiger partial charge in [-0.2, -0.15) is 17.4 Å². The summed E-state index contributed by atoms with van der Waals surface area (Å²) in [6.07, 6.45) is 3.42. The average Bonchev–Trinajstić information content (AvgIpc) is 2.41. The molecule has 7 nitrogen and oxygen atoms in total. The number of aliphatic hydroxyl groups is 1. The van der Waals surface area contributed by atoms with E-state index in [-0.39, 0.29) is 6.54 Å². The number of aliphatic hydroxyl groups excluding tert-OH is 1. The van der Waals surface area contributed by atoms with Crippen molar-refractivity contribution in [3.63, 3.8) is 0 Å². The fourth-order valence-electron chi connectivity index (χ4n) is 2.88. The lowest BCUT2D eigenvalue weighted by atomic mass is 9.93. The Balaban J connectivity index is 2.00. The van der Waals surface area contributed by atoms with Crippen molar-refractivity contribution >= 4 is 16.2 Å². The molecule has 2 aliphatic rings. The van der Waals surface area contributed by atoms with Crippen LogP contribution in [0.1, 0.15) is 38.5 Å². The Bertz CT molecular complexity index is 453. The van der Waals surface area contributed by atoms with Gasteiger partial charge in [0.1, 0.15) is 0 Å². The summed E-state index contributed by atoms with van der Waals surface area (Å²) >= 11 is 0. The van der Waals surface area contributed by atoms with E-state index in [1.807, 2.05) is 0 Å². The second-order valence-electron chi connectivity index (χ2n) is 5.62. The highest BCUT2D eigenvalue weighted by Crippen LogP contribution is 2.22. The summed E-state index contributed by atoms with van der Waals surface area (Å²) in [6.45, 7) is 0.343. The van der Waals surface area contributed by atoms with E-state index in [2.05, 4.69) is 4.72 Å². The maximum Gasteiger partial charge on any atom is 0.307 e. The number of piperidine rings is 1. The van der Waals surface area contributed by atoms with Crippen molar-refractivity contribution in [1.29, 1.82) is 0 Å². The van der Waals surface area contributed by atoms with Gasteiger partial charge in [0, 0.05) is 19.1 Å². The van der Waals surface area contributed by atoms with Crippen molar-refractivity contribution in [2.24, 2.45) is 5.92 Å². The lowest BCUT2D eigenvalue weighted by Gasteiger charge is -2.34. The summed E-state index contributed by atoms with van der Waals surface area (Å²) in [5.41, 5.74) is 0. The van der Waals surface area contributed by atoms with E-state index < -0.39 is 34.2 Å². The van der Waals surface area contributed by atoms with Crippen LogP contribution in [-0.4, -0.2) is 54.1 Å². The van der Waals surface area contributed by atoms with E-state index in [0.29, 0.717) is 32.2 Å². The van der Waals surface area contributed by atoms with Crippen molar-refractivity contribution in [2.75, 3.05) is 13.1 Å². The third-order valence-electron chi connectivity index (χ3n) is 4.10. The van der Waals surface area contributed by atoms with Crippen LogP contribution in [0.3, 0.4) is 0 Å². The Labute approximate surface area is 119 Å². The molecule has 116 valence electrons. The number of nitrogens with one attached hydrogen (secondary N) is 1. The Morgan fingerprint density at radius 1 is 1.15 bits per heavy atom. The van der Waals surface area contributed by atoms with Gasteiger partial charge in [-0.1, -0.05) is 12.8 Å². The minimum atomic E-state index is -3.72.